The van der Waals surface area contributed by atoms with Crippen LogP contribution in [0.3, 0.4) is 0 Å². The molecule has 8 heteroatoms. The van der Waals surface area contributed by atoms with Crippen molar-refractivity contribution in [3.05, 3.63) is 70.6 Å². The van der Waals surface area contributed by atoms with E-state index in [-0.39, 0.29) is 24.2 Å². The van der Waals surface area contributed by atoms with E-state index in [0.29, 0.717) is 12.1 Å². The van der Waals surface area contributed by atoms with Gasteiger partial charge in [-0.1, -0.05) is 42.5 Å². The van der Waals surface area contributed by atoms with Gasteiger partial charge in [0.1, 0.15) is 11.9 Å². The summed E-state index contributed by atoms with van der Waals surface area (Å²) >= 11 is 1.81. The molecule has 7 N–H and O–H groups in total. The minimum Gasteiger partial charge on any atom is -0.384 e. The number of hydrogen-bond acceptors (Lipinski definition) is 5. The zero-order chi connectivity index (χ0) is 22.1. The molecule has 3 aromatic rings. The van der Waals surface area contributed by atoms with Crippen molar-refractivity contribution in [1.82, 2.24) is 10.6 Å². The van der Waals surface area contributed by atoms with E-state index < -0.39 is 6.04 Å². The number of carbonyl (C=O) groups excluding carboxylic acids is 2. The summed E-state index contributed by atoms with van der Waals surface area (Å²) < 4.78 is 1.39. The highest BCUT2D eigenvalue weighted by atomic mass is 32.1. The van der Waals surface area contributed by atoms with E-state index in [1.54, 1.807) is 31.2 Å². The minimum absolute atomic E-state index is 0.00120. The summed E-state index contributed by atoms with van der Waals surface area (Å²) in [6, 6.07) is 14.8. The van der Waals surface area contributed by atoms with Gasteiger partial charge in [0, 0.05) is 16.8 Å². The summed E-state index contributed by atoms with van der Waals surface area (Å²) in [5.41, 5.74) is 13.4. The molecule has 1 unspecified atom stereocenters. The summed E-state index contributed by atoms with van der Waals surface area (Å²) in [7, 11) is 0. The summed E-state index contributed by atoms with van der Waals surface area (Å²) in [6.07, 6.45) is 0. The van der Waals surface area contributed by atoms with Crippen LogP contribution in [0.4, 0.5) is 0 Å². The van der Waals surface area contributed by atoms with Crippen LogP contribution in [0.1, 0.15) is 23.6 Å². The van der Waals surface area contributed by atoms with Crippen LogP contribution >= 0.6 is 11.3 Å². The number of nitrogens with one attached hydrogen (secondary N) is 3. The Morgan fingerprint density at radius 3 is 2.40 bits per heavy atom. The SMILES string of the molecule is CC(NC(=O)CN)C(=O)NCc1ccc(C(=N)N)cc1.Cc1csc2ccccc12. The van der Waals surface area contributed by atoms with Gasteiger partial charge in [-0.25, -0.2) is 0 Å². The molecule has 0 aliphatic carbocycles. The molecule has 0 fully saturated rings. The Hall–Kier alpha value is -3.23. The first kappa shape index (κ1) is 23.1. The van der Waals surface area contributed by atoms with Gasteiger partial charge < -0.3 is 22.1 Å². The summed E-state index contributed by atoms with van der Waals surface area (Å²) in [4.78, 5) is 22.8. The molecule has 0 aliphatic rings. The van der Waals surface area contributed by atoms with E-state index in [1.807, 2.05) is 11.3 Å². The number of thiophene rings is 1. The van der Waals surface area contributed by atoms with Gasteiger partial charge in [0.15, 0.2) is 0 Å². The smallest absolute Gasteiger partial charge is 0.242 e. The van der Waals surface area contributed by atoms with E-state index >= 15 is 0 Å². The average molecular weight is 426 g/mol. The van der Waals surface area contributed by atoms with Crippen LogP contribution in [-0.2, 0) is 16.1 Å². The van der Waals surface area contributed by atoms with E-state index in [9.17, 15) is 9.59 Å². The molecule has 2 amide bonds. The lowest BCUT2D eigenvalue weighted by molar-refractivity contribution is -0.128. The zero-order valence-corrected chi connectivity index (χ0v) is 17.9. The third-order valence-corrected chi connectivity index (χ3v) is 5.44. The van der Waals surface area contributed by atoms with Gasteiger partial charge in [0.05, 0.1) is 6.54 Å². The maximum atomic E-state index is 11.7. The van der Waals surface area contributed by atoms with Crippen molar-refractivity contribution >= 4 is 39.1 Å². The largest absolute Gasteiger partial charge is 0.384 e. The van der Waals surface area contributed by atoms with Crippen LogP contribution in [-0.4, -0.2) is 30.2 Å². The van der Waals surface area contributed by atoms with Crippen molar-refractivity contribution in [2.75, 3.05) is 6.54 Å². The topological polar surface area (TPSA) is 134 Å². The van der Waals surface area contributed by atoms with Gasteiger partial charge in [-0.2, -0.15) is 0 Å². The number of hydrogen-bond donors (Lipinski definition) is 5. The minimum atomic E-state index is -0.637. The quantitative estimate of drug-likeness (QED) is 0.306. The number of aryl methyl sites for hydroxylation is 1. The molecule has 0 spiro atoms. The molecule has 3 rings (SSSR count). The molecule has 0 bridgehead atoms. The molecule has 1 aromatic heterocycles. The average Bonchev–Trinajstić information content (AvgIpc) is 3.13. The Morgan fingerprint density at radius 1 is 1.13 bits per heavy atom. The Kier molecular flexibility index (Phi) is 8.52. The second kappa shape index (κ2) is 11.1. The molecular weight excluding hydrogens is 398 g/mol. The number of carbonyl (C=O) groups is 2. The van der Waals surface area contributed by atoms with Crippen LogP contribution in [0.15, 0.2) is 53.9 Å². The van der Waals surface area contributed by atoms with Crippen molar-refractivity contribution in [3.63, 3.8) is 0 Å². The lowest BCUT2D eigenvalue weighted by Crippen LogP contribution is -2.46. The van der Waals surface area contributed by atoms with Gasteiger partial charge in [0.2, 0.25) is 11.8 Å². The van der Waals surface area contributed by atoms with Gasteiger partial charge in [-0.05, 0) is 41.8 Å². The first-order chi connectivity index (χ1) is 14.3. The summed E-state index contributed by atoms with van der Waals surface area (Å²) in [5.74, 6) is -0.667. The predicted molar refractivity (Wildman–Crippen MR) is 123 cm³/mol. The van der Waals surface area contributed by atoms with Gasteiger partial charge >= 0.3 is 0 Å². The number of fused-ring (bicyclic) bond motifs is 1. The summed E-state index contributed by atoms with van der Waals surface area (Å²) in [5, 5.41) is 16.0. The second-order valence-electron chi connectivity index (χ2n) is 6.74. The van der Waals surface area contributed by atoms with Gasteiger partial charge in [0.25, 0.3) is 0 Å². The van der Waals surface area contributed by atoms with Crippen molar-refractivity contribution < 1.29 is 9.59 Å². The highest BCUT2D eigenvalue weighted by Crippen LogP contribution is 2.24. The maximum absolute atomic E-state index is 11.7. The lowest BCUT2D eigenvalue weighted by atomic mass is 10.1. The van der Waals surface area contributed by atoms with Crippen molar-refractivity contribution in [2.24, 2.45) is 11.5 Å². The van der Waals surface area contributed by atoms with Crippen LogP contribution in [0.5, 0.6) is 0 Å². The molecule has 158 valence electrons. The molecule has 0 radical (unpaired) electrons. The molecule has 0 saturated heterocycles. The molecule has 1 atom stereocenters. The van der Waals surface area contributed by atoms with Crippen molar-refractivity contribution in [2.45, 2.75) is 26.4 Å². The lowest BCUT2D eigenvalue weighted by Gasteiger charge is -2.13. The van der Waals surface area contributed by atoms with E-state index in [2.05, 4.69) is 47.2 Å². The Balaban J connectivity index is 0.000000263. The Labute approximate surface area is 180 Å². The number of amides is 2. The fourth-order valence-corrected chi connectivity index (χ4v) is 3.56. The molecule has 0 aliphatic heterocycles. The second-order valence-corrected chi connectivity index (χ2v) is 7.65. The number of amidine groups is 1. The van der Waals surface area contributed by atoms with Crippen LogP contribution < -0.4 is 22.1 Å². The fourth-order valence-electron chi connectivity index (χ4n) is 2.62. The molecule has 7 nitrogen and oxygen atoms in total. The molecule has 1 heterocycles. The third-order valence-electron chi connectivity index (χ3n) is 4.36. The maximum Gasteiger partial charge on any atom is 0.242 e. The Bertz CT molecular complexity index is 1010. The van der Waals surface area contributed by atoms with Crippen molar-refractivity contribution in [1.29, 1.82) is 5.41 Å². The van der Waals surface area contributed by atoms with E-state index in [0.717, 1.165) is 5.56 Å². The monoisotopic (exact) mass is 425 g/mol. The molecular formula is C22H27N5O2S. The Morgan fingerprint density at radius 2 is 1.80 bits per heavy atom. The summed E-state index contributed by atoms with van der Waals surface area (Å²) in [6.45, 7) is 3.92. The first-order valence-corrected chi connectivity index (χ1v) is 10.3. The number of benzene rings is 2. The van der Waals surface area contributed by atoms with Gasteiger partial charge in [-0.3, -0.25) is 15.0 Å². The molecule has 30 heavy (non-hydrogen) atoms. The zero-order valence-electron chi connectivity index (χ0n) is 17.1. The highest BCUT2D eigenvalue weighted by Gasteiger charge is 2.14. The van der Waals surface area contributed by atoms with Gasteiger partial charge in [-0.15, -0.1) is 11.3 Å². The molecule has 0 saturated carbocycles. The van der Waals surface area contributed by atoms with E-state index in [1.165, 1.54) is 15.6 Å². The number of nitrogens with two attached hydrogens (primary N) is 2. The fraction of sp³-hybridized carbons (Fsp3) is 0.227. The predicted octanol–water partition coefficient (Wildman–Crippen LogP) is 2.26. The number of rotatable bonds is 6. The standard InChI is InChI=1S/C13H19N5O2.C9H8S/c1-8(18-11(19)6-14)13(20)17-7-9-2-4-10(5-3-9)12(15)16;1-7-6-10-9-5-3-2-4-8(7)9/h2-5,8H,6-7,14H2,1H3,(H3,15,16)(H,17,20)(H,18,19);2-6H,1H3. The van der Waals surface area contributed by atoms with Crippen molar-refractivity contribution in [3.8, 4) is 0 Å². The third kappa shape index (κ3) is 6.68. The van der Waals surface area contributed by atoms with E-state index in [4.69, 9.17) is 16.9 Å². The van der Waals surface area contributed by atoms with Crippen LogP contribution in [0.2, 0.25) is 0 Å². The van der Waals surface area contributed by atoms with Crippen LogP contribution in [0, 0.1) is 12.3 Å². The highest BCUT2D eigenvalue weighted by molar-refractivity contribution is 7.17. The first-order valence-electron chi connectivity index (χ1n) is 9.45. The molecule has 2 aromatic carbocycles. The number of nitrogen functional groups attached to an aromatic ring is 1. The normalized spacial score (nSPS) is 11.2. The van der Waals surface area contributed by atoms with Crippen LogP contribution in [0.25, 0.3) is 10.1 Å².